The van der Waals surface area contributed by atoms with Gasteiger partial charge in [0.25, 0.3) is 5.69 Å². The Labute approximate surface area is 109 Å². The van der Waals surface area contributed by atoms with E-state index in [1.54, 1.807) is 6.07 Å². The molecule has 0 spiro atoms. The van der Waals surface area contributed by atoms with Gasteiger partial charge in [0.2, 0.25) is 0 Å². The van der Waals surface area contributed by atoms with Crippen LogP contribution in [0.1, 0.15) is 12.7 Å². The second-order valence-electron chi connectivity index (χ2n) is 3.72. The van der Waals surface area contributed by atoms with E-state index in [-0.39, 0.29) is 5.69 Å². The van der Waals surface area contributed by atoms with Gasteiger partial charge in [0, 0.05) is 12.6 Å². The minimum atomic E-state index is -0.456. The van der Waals surface area contributed by atoms with Crippen LogP contribution in [0.5, 0.6) is 0 Å². The van der Waals surface area contributed by atoms with Gasteiger partial charge in [-0.1, -0.05) is 5.16 Å². The Morgan fingerprint density at radius 3 is 2.68 bits per heavy atom. The first kappa shape index (κ1) is 12.8. The molecule has 0 unspecified atom stereocenters. The van der Waals surface area contributed by atoms with E-state index in [0.717, 1.165) is 0 Å². The highest BCUT2D eigenvalue weighted by atomic mass is 16.6. The summed E-state index contributed by atoms with van der Waals surface area (Å²) in [7, 11) is 0. The topological polar surface area (TPSA) is 106 Å². The molecular formula is C11H13N5O3. The molecule has 8 heteroatoms. The van der Waals surface area contributed by atoms with E-state index in [1.165, 1.54) is 18.3 Å². The quantitative estimate of drug-likeness (QED) is 0.606. The Hall–Kier alpha value is -2.64. The van der Waals surface area contributed by atoms with E-state index in [4.69, 9.17) is 4.52 Å². The van der Waals surface area contributed by atoms with Crippen LogP contribution >= 0.6 is 0 Å². The van der Waals surface area contributed by atoms with Gasteiger partial charge < -0.3 is 15.2 Å². The van der Waals surface area contributed by atoms with Crippen LogP contribution < -0.4 is 10.6 Å². The Balaban J connectivity index is 2.16. The monoisotopic (exact) mass is 263 g/mol. The van der Waals surface area contributed by atoms with Crippen molar-refractivity contribution >= 4 is 17.3 Å². The third kappa shape index (κ3) is 3.41. The third-order valence-electron chi connectivity index (χ3n) is 2.31. The van der Waals surface area contributed by atoms with Crippen molar-refractivity contribution in [2.45, 2.75) is 13.5 Å². The highest BCUT2D eigenvalue weighted by Crippen LogP contribution is 2.20. The van der Waals surface area contributed by atoms with Crippen molar-refractivity contribution in [1.29, 1.82) is 0 Å². The maximum absolute atomic E-state index is 10.8. The third-order valence-corrected chi connectivity index (χ3v) is 2.31. The molecule has 19 heavy (non-hydrogen) atoms. The Kier molecular flexibility index (Phi) is 3.91. The largest absolute Gasteiger partial charge is 0.370 e. The number of nitro groups is 1. The lowest BCUT2D eigenvalue weighted by Crippen LogP contribution is -2.05. The van der Waals surface area contributed by atoms with E-state index < -0.39 is 4.92 Å². The van der Waals surface area contributed by atoms with Crippen molar-refractivity contribution in [3.8, 4) is 0 Å². The highest BCUT2D eigenvalue weighted by molar-refractivity contribution is 5.54. The summed E-state index contributed by atoms with van der Waals surface area (Å²) in [6.45, 7) is 2.89. The molecule has 0 fully saturated rings. The summed E-state index contributed by atoms with van der Waals surface area (Å²) in [4.78, 5) is 14.6. The maximum atomic E-state index is 10.8. The molecule has 0 radical (unpaired) electrons. The fourth-order valence-corrected chi connectivity index (χ4v) is 1.49. The zero-order valence-electron chi connectivity index (χ0n) is 10.3. The lowest BCUT2D eigenvalue weighted by molar-refractivity contribution is -0.384. The smallest absolute Gasteiger partial charge is 0.276 e. The second kappa shape index (κ2) is 5.80. The van der Waals surface area contributed by atoms with Gasteiger partial charge in [0.15, 0.2) is 5.76 Å². The van der Waals surface area contributed by atoms with Crippen LogP contribution in [-0.4, -0.2) is 21.6 Å². The first-order chi connectivity index (χ1) is 9.19. The molecule has 2 N–H and O–H groups in total. The highest BCUT2D eigenvalue weighted by Gasteiger charge is 2.11. The van der Waals surface area contributed by atoms with Gasteiger partial charge in [-0.05, 0) is 6.92 Å². The van der Waals surface area contributed by atoms with E-state index in [1.807, 2.05) is 6.92 Å². The lowest BCUT2D eigenvalue weighted by atomic mass is 10.3. The fraction of sp³-hybridized carbons (Fsp3) is 0.273. The van der Waals surface area contributed by atoms with Gasteiger partial charge in [0.1, 0.15) is 11.6 Å². The molecule has 0 atom stereocenters. The summed E-state index contributed by atoms with van der Waals surface area (Å²) in [5.41, 5.74) is -0.0222. The van der Waals surface area contributed by atoms with Crippen LogP contribution in [-0.2, 0) is 6.54 Å². The van der Waals surface area contributed by atoms with Crippen LogP contribution in [0.15, 0.2) is 28.9 Å². The molecule has 0 aliphatic carbocycles. The molecular weight excluding hydrogens is 250 g/mol. The lowest BCUT2D eigenvalue weighted by Gasteiger charge is -2.07. The molecule has 2 aromatic heterocycles. The normalized spacial score (nSPS) is 10.2. The first-order valence-corrected chi connectivity index (χ1v) is 5.73. The van der Waals surface area contributed by atoms with E-state index in [0.29, 0.717) is 30.5 Å². The van der Waals surface area contributed by atoms with Gasteiger partial charge >= 0.3 is 0 Å². The van der Waals surface area contributed by atoms with Crippen molar-refractivity contribution in [3.63, 3.8) is 0 Å². The summed E-state index contributed by atoms with van der Waals surface area (Å²) in [6.07, 6.45) is 1.53. The SMILES string of the molecule is CCNc1cc([N+](=O)[O-])cc(NCc2ccno2)n1. The number of hydrogen-bond acceptors (Lipinski definition) is 7. The van der Waals surface area contributed by atoms with Crippen molar-refractivity contribution in [2.24, 2.45) is 0 Å². The molecule has 100 valence electrons. The number of hydrogen-bond donors (Lipinski definition) is 2. The zero-order valence-corrected chi connectivity index (χ0v) is 10.3. The minimum absolute atomic E-state index is 0.0222. The average molecular weight is 263 g/mol. The Bertz CT molecular complexity index is 555. The standard InChI is InChI=1S/C11H13N5O3/c1-2-12-10-5-8(16(17)18)6-11(15-10)13-7-9-3-4-14-19-9/h3-6H,2,7H2,1H3,(H2,12,13,15). The van der Waals surface area contributed by atoms with Gasteiger partial charge in [-0.2, -0.15) is 0 Å². The van der Waals surface area contributed by atoms with Crippen LogP contribution in [0.3, 0.4) is 0 Å². The molecule has 0 aliphatic heterocycles. The number of anilines is 2. The maximum Gasteiger partial charge on any atom is 0.276 e. The predicted octanol–water partition coefficient (Wildman–Crippen LogP) is 2.02. The zero-order chi connectivity index (χ0) is 13.7. The number of rotatable bonds is 6. The second-order valence-corrected chi connectivity index (χ2v) is 3.72. The molecule has 0 aliphatic rings. The van der Waals surface area contributed by atoms with Crippen LogP contribution in [0.4, 0.5) is 17.3 Å². The Morgan fingerprint density at radius 1 is 1.37 bits per heavy atom. The molecule has 8 nitrogen and oxygen atoms in total. The van der Waals surface area contributed by atoms with Crippen LogP contribution in [0.25, 0.3) is 0 Å². The summed E-state index contributed by atoms with van der Waals surface area (Å²) in [6, 6.07) is 4.47. The molecule has 0 saturated carbocycles. The molecule has 2 rings (SSSR count). The van der Waals surface area contributed by atoms with Gasteiger partial charge in [0.05, 0.1) is 29.8 Å². The number of pyridine rings is 1. The van der Waals surface area contributed by atoms with Crippen molar-refractivity contribution < 1.29 is 9.45 Å². The molecule has 0 bridgehead atoms. The predicted molar refractivity (Wildman–Crippen MR) is 68.9 cm³/mol. The molecule has 0 saturated heterocycles. The van der Waals surface area contributed by atoms with E-state index in [2.05, 4.69) is 20.8 Å². The Morgan fingerprint density at radius 2 is 2.11 bits per heavy atom. The van der Waals surface area contributed by atoms with E-state index >= 15 is 0 Å². The minimum Gasteiger partial charge on any atom is -0.370 e. The summed E-state index contributed by atoms with van der Waals surface area (Å²) >= 11 is 0. The summed E-state index contributed by atoms with van der Waals surface area (Å²) in [5.74, 6) is 1.48. The van der Waals surface area contributed by atoms with Gasteiger partial charge in [-0.15, -0.1) is 0 Å². The molecule has 0 amide bonds. The van der Waals surface area contributed by atoms with Crippen molar-refractivity contribution in [3.05, 3.63) is 40.3 Å². The van der Waals surface area contributed by atoms with Crippen LogP contribution in [0, 0.1) is 10.1 Å². The van der Waals surface area contributed by atoms with Gasteiger partial charge in [-0.25, -0.2) is 4.98 Å². The molecule has 2 aromatic rings. The summed E-state index contributed by atoms with van der Waals surface area (Å²) in [5, 5.41) is 20.3. The molecule has 2 heterocycles. The van der Waals surface area contributed by atoms with Crippen molar-refractivity contribution in [2.75, 3.05) is 17.2 Å². The average Bonchev–Trinajstić information content (AvgIpc) is 2.89. The number of aromatic nitrogens is 2. The van der Waals surface area contributed by atoms with Gasteiger partial charge in [-0.3, -0.25) is 10.1 Å². The first-order valence-electron chi connectivity index (χ1n) is 5.73. The van der Waals surface area contributed by atoms with Crippen molar-refractivity contribution in [1.82, 2.24) is 10.1 Å². The fourth-order valence-electron chi connectivity index (χ4n) is 1.49. The van der Waals surface area contributed by atoms with Crippen LogP contribution in [0.2, 0.25) is 0 Å². The number of nitrogens with one attached hydrogen (secondary N) is 2. The molecule has 0 aromatic carbocycles. The number of nitrogens with zero attached hydrogens (tertiary/aromatic N) is 3. The summed E-state index contributed by atoms with van der Waals surface area (Å²) < 4.78 is 4.92. The van der Waals surface area contributed by atoms with E-state index in [9.17, 15) is 10.1 Å².